The Kier molecular flexibility index (Phi) is 3.50. The molecule has 3 nitrogen and oxygen atoms in total. The summed E-state index contributed by atoms with van der Waals surface area (Å²) in [6.45, 7) is 3.76. The van der Waals surface area contributed by atoms with Crippen LogP contribution in [0, 0.1) is 5.82 Å². The summed E-state index contributed by atoms with van der Waals surface area (Å²) in [6, 6.07) is 4.95. The molecule has 0 amide bonds. The zero-order chi connectivity index (χ0) is 15.2. The highest BCUT2D eigenvalue weighted by atomic mass is 19.1. The van der Waals surface area contributed by atoms with Crippen LogP contribution >= 0.6 is 0 Å². The number of H-pyrrole nitrogens is 1. The fourth-order valence-electron chi connectivity index (χ4n) is 3.12. The molecule has 1 aromatic carbocycles. The van der Waals surface area contributed by atoms with E-state index in [9.17, 15) is 8.78 Å². The van der Waals surface area contributed by atoms with Crippen molar-refractivity contribution in [3.8, 4) is 0 Å². The lowest BCUT2D eigenvalue weighted by Gasteiger charge is -2.36. The van der Waals surface area contributed by atoms with Crippen LogP contribution in [0.15, 0.2) is 18.2 Å². The van der Waals surface area contributed by atoms with Crippen molar-refractivity contribution >= 4 is 10.9 Å². The molecule has 5 heteroatoms. The van der Waals surface area contributed by atoms with E-state index < -0.39 is 12.3 Å². The number of benzene rings is 1. The number of hydrogen-bond acceptors (Lipinski definition) is 2. The van der Waals surface area contributed by atoms with E-state index in [1.807, 2.05) is 4.90 Å². The van der Waals surface area contributed by atoms with Gasteiger partial charge in [0.05, 0.1) is 6.61 Å². The number of nitrogens with one attached hydrogen (secondary N) is 1. The van der Waals surface area contributed by atoms with Crippen molar-refractivity contribution in [2.75, 3.05) is 13.2 Å². The van der Waals surface area contributed by atoms with Crippen molar-refractivity contribution in [1.29, 1.82) is 0 Å². The van der Waals surface area contributed by atoms with E-state index in [1.54, 1.807) is 6.07 Å². The molecule has 0 spiro atoms. The van der Waals surface area contributed by atoms with Gasteiger partial charge in [-0.15, -0.1) is 0 Å². The second-order valence-electron chi connectivity index (χ2n) is 6.30. The molecule has 2 atom stereocenters. The molecule has 2 N–H and O–H groups in total. The van der Waals surface area contributed by atoms with Crippen LogP contribution in [0.1, 0.15) is 25.1 Å². The maximum absolute atomic E-state index is 14.1. The van der Waals surface area contributed by atoms with Crippen LogP contribution in [0.4, 0.5) is 8.78 Å². The number of aliphatic hydroxyl groups is 1. The third-order valence-electron chi connectivity index (χ3n) is 4.30. The average molecular weight is 294 g/mol. The fraction of sp³-hybridized carbons (Fsp3) is 0.500. The van der Waals surface area contributed by atoms with Gasteiger partial charge in [0.15, 0.2) is 0 Å². The van der Waals surface area contributed by atoms with Crippen LogP contribution in [-0.2, 0) is 13.0 Å². The standard InChI is InChI=1S/C16H20F2N2O/c1-10-5-13-12-4-3-11(17)6-14(12)19-15(13)7-20(10)8-16(2,18)9-21/h3-4,6,10,19,21H,5,7-9H2,1-2H3/t10-,16-/m1/s1. The number of aromatic amines is 1. The van der Waals surface area contributed by atoms with Crippen LogP contribution in [0.3, 0.4) is 0 Å². The minimum Gasteiger partial charge on any atom is -0.393 e. The Morgan fingerprint density at radius 1 is 1.48 bits per heavy atom. The molecule has 1 aromatic heterocycles. The summed E-state index contributed by atoms with van der Waals surface area (Å²) in [5, 5.41) is 10.1. The predicted molar refractivity (Wildman–Crippen MR) is 78.4 cm³/mol. The third-order valence-corrected chi connectivity index (χ3v) is 4.30. The number of aliphatic hydroxyl groups excluding tert-OH is 1. The molecule has 114 valence electrons. The molecular formula is C16H20F2N2O. The number of aromatic nitrogens is 1. The van der Waals surface area contributed by atoms with Gasteiger partial charge in [-0.1, -0.05) is 0 Å². The number of alkyl halides is 1. The Morgan fingerprint density at radius 2 is 2.24 bits per heavy atom. The van der Waals surface area contributed by atoms with E-state index in [1.165, 1.54) is 24.6 Å². The van der Waals surface area contributed by atoms with Gasteiger partial charge in [0, 0.05) is 35.7 Å². The monoisotopic (exact) mass is 294 g/mol. The van der Waals surface area contributed by atoms with Gasteiger partial charge in [-0.3, -0.25) is 4.90 Å². The first-order valence-corrected chi connectivity index (χ1v) is 7.22. The summed E-state index contributed by atoms with van der Waals surface area (Å²) < 4.78 is 27.4. The second-order valence-corrected chi connectivity index (χ2v) is 6.30. The Bertz CT molecular complexity index is 666. The summed E-state index contributed by atoms with van der Waals surface area (Å²) >= 11 is 0. The van der Waals surface area contributed by atoms with E-state index in [4.69, 9.17) is 5.11 Å². The minimum atomic E-state index is -1.61. The molecule has 2 aromatic rings. The first-order valence-electron chi connectivity index (χ1n) is 7.22. The van der Waals surface area contributed by atoms with E-state index in [2.05, 4.69) is 11.9 Å². The molecule has 0 saturated heterocycles. The van der Waals surface area contributed by atoms with Gasteiger partial charge in [-0.25, -0.2) is 8.78 Å². The predicted octanol–water partition coefficient (Wildman–Crippen LogP) is 2.77. The van der Waals surface area contributed by atoms with Gasteiger partial charge in [0.2, 0.25) is 0 Å². The molecular weight excluding hydrogens is 274 g/mol. The van der Waals surface area contributed by atoms with E-state index >= 15 is 0 Å². The number of fused-ring (bicyclic) bond motifs is 3. The SMILES string of the molecule is C[C@@H]1Cc2c([nH]c3cc(F)ccc23)CN1C[C@@](C)(F)CO. The fourth-order valence-corrected chi connectivity index (χ4v) is 3.12. The quantitative estimate of drug-likeness (QED) is 0.913. The van der Waals surface area contributed by atoms with E-state index in [0.29, 0.717) is 6.54 Å². The molecule has 3 rings (SSSR count). The van der Waals surface area contributed by atoms with Crippen LogP contribution in [0.2, 0.25) is 0 Å². The summed E-state index contributed by atoms with van der Waals surface area (Å²) in [5.74, 6) is -0.261. The molecule has 1 aliphatic rings. The van der Waals surface area contributed by atoms with Gasteiger partial charge in [0.25, 0.3) is 0 Å². The molecule has 0 bridgehead atoms. The highest BCUT2D eigenvalue weighted by Gasteiger charge is 2.32. The second kappa shape index (κ2) is 5.07. The molecule has 21 heavy (non-hydrogen) atoms. The van der Waals surface area contributed by atoms with Crippen LogP contribution in [-0.4, -0.2) is 39.9 Å². The molecule has 0 unspecified atom stereocenters. The van der Waals surface area contributed by atoms with E-state index in [-0.39, 0.29) is 18.4 Å². The first kappa shape index (κ1) is 14.5. The van der Waals surface area contributed by atoms with Crippen LogP contribution in [0.25, 0.3) is 10.9 Å². The van der Waals surface area contributed by atoms with E-state index in [0.717, 1.165) is 23.0 Å². The molecule has 0 fully saturated rings. The summed E-state index contributed by atoms with van der Waals surface area (Å²) in [7, 11) is 0. The minimum absolute atomic E-state index is 0.183. The highest BCUT2D eigenvalue weighted by molar-refractivity contribution is 5.85. The normalized spacial score (nSPS) is 22.2. The maximum atomic E-state index is 14.1. The Morgan fingerprint density at radius 3 is 2.95 bits per heavy atom. The van der Waals surface area contributed by atoms with Crippen molar-refractivity contribution in [3.05, 3.63) is 35.3 Å². The van der Waals surface area contributed by atoms with Crippen LogP contribution in [0.5, 0.6) is 0 Å². The maximum Gasteiger partial charge on any atom is 0.143 e. The van der Waals surface area contributed by atoms with Gasteiger partial charge < -0.3 is 10.1 Å². The Labute approximate surface area is 122 Å². The number of hydrogen-bond donors (Lipinski definition) is 2. The van der Waals surface area contributed by atoms with Gasteiger partial charge >= 0.3 is 0 Å². The lowest BCUT2D eigenvalue weighted by molar-refractivity contribution is 0.0277. The average Bonchev–Trinajstić information content (AvgIpc) is 2.75. The third kappa shape index (κ3) is 2.68. The zero-order valence-electron chi connectivity index (χ0n) is 12.3. The summed E-state index contributed by atoms with van der Waals surface area (Å²) in [5.41, 5.74) is 1.39. The van der Waals surface area contributed by atoms with Crippen molar-refractivity contribution in [2.45, 2.75) is 38.5 Å². The number of nitrogens with zero attached hydrogens (tertiary/aromatic N) is 1. The Balaban J connectivity index is 1.92. The lowest BCUT2D eigenvalue weighted by atomic mass is 9.96. The largest absolute Gasteiger partial charge is 0.393 e. The van der Waals surface area contributed by atoms with Gasteiger partial charge in [-0.05, 0) is 44.0 Å². The smallest absolute Gasteiger partial charge is 0.143 e. The van der Waals surface area contributed by atoms with Gasteiger partial charge in [0.1, 0.15) is 11.5 Å². The first-order chi connectivity index (χ1) is 9.89. The number of halogens is 2. The van der Waals surface area contributed by atoms with Crippen molar-refractivity contribution in [1.82, 2.24) is 9.88 Å². The molecule has 0 aliphatic carbocycles. The zero-order valence-corrected chi connectivity index (χ0v) is 12.3. The molecule has 0 radical (unpaired) electrons. The molecule has 0 saturated carbocycles. The molecule has 1 aliphatic heterocycles. The number of rotatable bonds is 3. The summed E-state index contributed by atoms with van der Waals surface area (Å²) in [6.07, 6.45) is 0.794. The highest BCUT2D eigenvalue weighted by Crippen LogP contribution is 2.31. The van der Waals surface area contributed by atoms with Crippen molar-refractivity contribution in [3.63, 3.8) is 0 Å². The van der Waals surface area contributed by atoms with Crippen molar-refractivity contribution < 1.29 is 13.9 Å². The topological polar surface area (TPSA) is 39.3 Å². The lowest BCUT2D eigenvalue weighted by Crippen LogP contribution is -2.46. The van der Waals surface area contributed by atoms with Gasteiger partial charge in [-0.2, -0.15) is 0 Å². The molecule has 2 heterocycles. The summed E-state index contributed by atoms with van der Waals surface area (Å²) in [4.78, 5) is 5.26. The van der Waals surface area contributed by atoms with Crippen LogP contribution < -0.4 is 0 Å². The Hall–Kier alpha value is -1.46. The van der Waals surface area contributed by atoms with Crippen molar-refractivity contribution in [2.24, 2.45) is 0 Å².